The smallest absolute Gasteiger partial charge is 0.254 e. The maximum atomic E-state index is 14.6. The number of benzene rings is 2. The number of fused-ring (bicyclic) bond motifs is 1. The number of ether oxygens (including phenoxy) is 3. The van der Waals surface area contributed by atoms with E-state index in [-0.39, 0.29) is 30.7 Å². The van der Waals surface area contributed by atoms with Crippen molar-refractivity contribution in [3.8, 4) is 29.7 Å². The third-order valence-corrected chi connectivity index (χ3v) is 6.08. The second-order valence-corrected chi connectivity index (χ2v) is 8.34. The van der Waals surface area contributed by atoms with Crippen molar-refractivity contribution in [3.05, 3.63) is 65.5 Å². The van der Waals surface area contributed by atoms with E-state index in [0.717, 1.165) is 25.1 Å². The number of carbonyl (C=O) groups excluding carboxylic acids is 1. The maximum absolute atomic E-state index is 14.6. The van der Waals surface area contributed by atoms with Gasteiger partial charge in [-0.1, -0.05) is 18.6 Å². The first-order chi connectivity index (χ1) is 17.1. The second kappa shape index (κ2) is 11.5. The molecule has 2 aliphatic rings. The highest BCUT2D eigenvalue weighted by molar-refractivity contribution is 6.02. The number of allylic oxidation sites excluding steroid dienone is 1. The molecule has 2 aromatic carbocycles. The van der Waals surface area contributed by atoms with E-state index in [1.807, 2.05) is 25.1 Å². The number of piperidine rings is 1. The molecule has 0 spiro atoms. The fourth-order valence-corrected chi connectivity index (χ4v) is 4.33. The minimum absolute atomic E-state index is 0.00277. The largest absolute Gasteiger partial charge is 0.493 e. The highest BCUT2D eigenvalue weighted by atomic mass is 19.1. The van der Waals surface area contributed by atoms with Crippen molar-refractivity contribution in [2.24, 2.45) is 10.9 Å². The average Bonchev–Trinajstić information content (AvgIpc) is 3.35. The van der Waals surface area contributed by atoms with Crippen LogP contribution in [0.1, 0.15) is 35.2 Å². The number of halogens is 1. The van der Waals surface area contributed by atoms with Crippen molar-refractivity contribution < 1.29 is 23.4 Å². The maximum Gasteiger partial charge on any atom is 0.254 e. The highest BCUT2D eigenvalue weighted by Crippen LogP contribution is 2.36. The summed E-state index contributed by atoms with van der Waals surface area (Å²) < 4.78 is 31.4. The van der Waals surface area contributed by atoms with Crippen molar-refractivity contribution in [1.82, 2.24) is 10.6 Å². The summed E-state index contributed by atoms with van der Waals surface area (Å²) in [6.07, 6.45) is 9.55. The lowest BCUT2D eigenvalue weighted by Crippen LogP contribution is -2.38. The van der Waals surface area contributed by atoms with Crippen LogP contribution in [-0.4, -0.2) is 44.7 Å². The number of rotatable bonds is 8. The Bertz CT molecular complexity index is 1170. The van der Waals surface area contributed by atoms with E-state index in [1.165, 1.54) is 6.07 Å². The van der Waals surface area contributed by atoms with Crippen LogP contribution in [0.3, 0.4) is 0 Å². The van der Waals surface area contributed by atoms with Gasteiger partial charge in [-0.2, -0.15) is 0 Å². The molecule has 8 heteroatoms. The summed E-state index contributed by atoms with van der Waals surface area (Å²) in [6.45, 7) is 4.19. The van der Waals surface area contributed by atoms with Crippen LogP contribution in [-0.2, 0) is 0 Å². The van der Waals surface area contributed by atoms with Gasteiger partial charge in [-0.25, -0.2) is 9.38 Å². The molecule has 0 unspecified atom stereocenters. The van der Waals surface area contributed by atoms with Crippen molar-refractivity contribution in [1.29, 1.82) is 0 Å². The molecule has 2 heterocycles. The summed E-state index contributed by atoms with van der Waals surface area (Å²) in [7, 11) is 0. The lowest BCUT2D eigenvalue weighted by atomic mass is 9.81. The molecule has 0 aromatic heterocycles. The van der Waals surface area contributed by atoms with Crippen LogP contribution in [0.15, 0.2) is 53.5 Å². The standard InChI is InChI=1S/C27H28FN3O4/c1-3-5-20(30-4-2)15-31-27(32)23-12-18(6-8-24(23)28)22-10-11-29-14-19(22)16-33-21-7-9-25-26(13-21)35-17-34-25/h2-3,5-9,12-13,19,22,29H,10-11,14-17H2,1H3,(H,31,32)/b5-3-,30-20+/t19-,22-/m0/s1. The summed E-state index contributed by atoms with van der Waals surface area (Å²) in [5.74, 6) is 1.23. The molecule has 4 rings (SSSR count). The number of amides is 1. The van der Waals surface area contributed by atoms with Crippen LogP contribution in [0.4, 0.5) is 4.39 Å². The fourth-order valence-electron chi connectivity index (χ4n) is 4.33. The zero-order chi connectivity index (χ0) is 24.6. The first kappa shape index (κ1) is 24.3. The van der Waals surface area contributed by atoms with E-state index in [1.54, 1.807) is 24.3 Å². The summed E-state index contributed by atoms with van der Waals surface area (Å²) >= 11 is 0. The van der Waals surface area contributed by atoms with Crippen molar-refractivity contribution in [3.63, 3.8) is 0 Å². The van der Waals surface area contributed by atoms with Crippen LogP contribution < -0.4 is 24.8 Å². The summed E-state index contributed by atoms with van der Waals surface area (Å²) in [4.78, 5) is 16.6. The molecule has 1 amide bonds. The molecular weight excluding hydrogens is 449 g/mol. The summed E-state index contributed by atoms with van der Waals surface area (Å²) in [6, 6.07) is 12.4. The van der Waals surface area contributed by atoms with Gasteiger partial charge in [-0.05, 0) is 61.7 Å². The minimum Gasteiger partial charge on any atom is -0.493 e. The number of carbonyl (C=O) groups is 1. The number of terminal acetylenes is 1. The Morgan fingerprint density at radius 3 is 3.00 bits per heavy atom. The molecule has 182 valence electrons. The van der Waals surface area contributed by atoms with Gasteiger partial charge in [0.1, 0.15) is 11.6 Å². The van der Waals surface area contributed by atoms with Crippen LogP contribution in [0.5, 0.6) is 17.2 Å². The van der Waals surface area contributed by atoms with Gasteiger partial charge in [0.25, 0.3) is 5.91 Å². The SMILES string of the molecule is C#C/N=C(\C=C/C)CNC(=O)c1cc([C@@H]2CCNC[C@H]2COc2ccc3c(c2)OCO3)ccc1F. The number of nitrogens with one attached hydrogen (secondary N) is 2. The molecule has 7 nitrogen and oxygen atoms in total. The number of aliphatic imine (C=N–C) groups is 1. The molecule has 1 fully saturated rings. The third kappa shape index (κ3) is 6.00. The molecular formula is C27H28FN3O4. The van der Waals surface area contributed by atoms with Gasteiger partial charge in [-0.15, -0.1) is 0 Å². The van der Waals surface area contributed by atoms with Crippen LogP contribution >= 0.6 is 0 Å². The minimum atomic E-state index is -0.574. The third-order valence-electron chi connectivity index (χ3n) is 6.08. The lowest BCUT2D eigenvalue weighted by molar-refractivity contribution is 0.0955. The Morgan fingerprint density at radius 2 is 2.17 bits per heavy atom. The van der Waals surface area contributed by atoms with Crippen LogP contribution in [0.25, 0.3) is 0 Å². The highest BCUT2D eigenvalue weighted by Gasteiger charge is 2.28. The molecule has 0 aliphatic carbocycles. The van der Waals surface area contributed by atoms with Gasteiger partial charge >= 0.3 is 0 Å². The van der Waals surface area contributed by atoms with E-state index in [2.05, 4.69) is 21.7 Å². The quantitative estimate of drug-likeness (QED) is 0.448. The molecule has 2 aliphatic heterocycles. The predicted molar refractivity (Wildman–Crippen MR) is 132 cm³/mol. The summed E-state index contributed by atoms with van der Waals surface area (Å²) in [5.41, 5.74) is 1.42. The Balaban J connectivity index is 1.45. The van der Waals surface area contributed by atoms with E-state index in [4.69, 9.17) is 20.6 Å². The van der Waals surface area contributed by atoms with E-state index >= 15 is 0 Å². The second-order valence-electron chi connectivity index (χ2n) is 8.34. The molecule has 2 atom stereocenters. The van der Waals surface area contributed by atoms with Gasteiger partial charge in [0.15, 0.2) is 11.5 Å². The first-order valence-electron chi connectivity index (χ1n) is 11.5. The van der Waals surface area contributed by atoms with Crippen molar-refractivity contribution in [2.45, 2.75) is 19.3 Å². The van der Waals surface area contributed by atoms with E-state index in [9.17, 15) is 9.18 Å². The topological polar surface area (TPSA) is 81.2 Å². The van der Waals surface area contributed by atoms with Gasteiger partial charge in [0, 0.05) is 24.6 Å². The van der Waals surface area contributed by atoms with E-state index < -0.39 is 11.7 Å². The molecule has 0 radical (unpaired) electrons. The zero-order valence-electron chi connectivity index (χ0n) is 19.6. The molecule has 2 N–H and O–H groups in total. The van der Waals surface area contributed by atoms with Gasteiger partial charge in [-0.3, -0.25) is 4.79 Å². The van der Waals surface area contributed by atoms with Gasteiger partial charge in [0.2, 0.25) is 6.79 Å². The molecule has 1 saturated heterocycles. The number of hydrogen-bond donors (Lipinski definition) is 2. The monoisotopic (exact) mass is 477 g/mol. The normalized spacial score (nSPS) is 19.4. The fraction of sp³-hybridized carbons (Fsp3) is 0.333. The molecule has 2 aromatic rings. The Morgan fingerprint density at radius 1 is 1.31 bits per heavy atom. The lowest BCUT2D eigenvalue weighted by Gasteiger charge is -2.32. The number of hydrogen-bond acceptors (Lipinski definition) is 6. The molecule has 0 saturated carbocycles. The van der Waals surface area contributed by atoms with Crippen molar-refractivity contribution in [2.75, 3.05) is 33.0 Å². The van der Waals surface area contributed by atoms with Crippen LogP contribution in [0, 0.1) is 24.2 Å². The Kier molecular flexibility index (Phi) is 8.01. The number of nitrogens with zero attached hydrogens (tertiary/aromatic N) is 1. The Hall–Kier alpha value is -3.83. The zero-order valence-corrected chi connectivity index (χ0v) is 19.6. The molecule has 0 bridgehead atoms. The average molecular weight is 478 g/mol. The van der Waals surface area contributed by atoms with Crippen molar-refractivity contribution >= 4 is 11.6 Å². The summed E-state index contributed by atoms with van der Waals surface area (Å²) in [5, 5.41) is 6.11. The first-order valence-corrected chi connectivity index (χ1v) is 11.5. The van der Waals surface area contributed by atoms with E-state index in [0.29, 0.717) is 29.6 Å². The van der Waals surface area contributed by atoms with Crippen LogP contribution in [0.2, 0.25) is 0 Å². The van der Waals surface area contributed by atoms with Gasteiger partial charge < -0.3 is 24.8 Å². The Labute approximate surface area is 204 Å². The predicted octanol–water partition coefficient (Wildman–Crippen LogP) is 3.66. The molecule has 35 heavy (non-hydrogen) atoms. The van der Waals surface area contributed by atoms with Gasteiger partial charge in [0.05, 0.1) is 24.4 Å².